The van der Waals surface area contributed by atoms with E-state index in [4.69, 9.17) is 4.74 Å². The van der Waals surface area contributed by atoms with E-state index in [9.17, 15) is 14.7 Å². The maximum Gasteiger partial charge on any atom is 0.260 e. The van der Waals surface area contributed by atoms with E-state index in [1.807, 2.05) is 24.3 Å². The molecule has 6 nitrogen and oxygen atoms in total. The lowest BCUT2D eigenvalue weighted by Gasteiger charge is -2.33. The van der Waals surface area contributed by atoms with Gasteiger partial charge in [0.1, 0.15) is 5.75 Å². The first-order valence-corrected chi connectivity index (χ1v) is 8.09. The monoisotopic (exact) mass is 338 g/mol. The molecule has 0 aliphatic carbocycles. The lowest BCUT2D eigenvalue weighted by Crippen LogP contribution is -2.48. The van der Waals surface area contributed by atoms with Crippen molar-refractivity contribution < 1.29 is 19.4 Å². The van der Waals surface area contributed by atoms with Crippen LogP contribution in [-0.2, 0) is 21.7 Å². The summed E-state index contributed by atoms with van der Waals surface area (Å²) in [5.41, 5.74) is 0.0589. The Kier molecular flexibility index (Phi) is 3.51. The van der Waals surface area contributed by atoms with Crippen molar-refractivity contribution in [3.05, 3.63) is 59.7 Å². The predicted molar refractivity (Wildman–Crippen MR) is 90.9 cm³/mol. The average Bonchev–Trinajstić information content (AvgIpc) is 2.89. The van der Waals surface area contributed by atoms with Gasteiger partial charge in [-0.15, -0.1) is 0 Å². The molecule has 6 heteroatoms. The number of rotatable bonds is 3. The summed E-state index contributed by atoms with van der Waals surface area (Å²) in [5, 5.41) is 13.9. The van der Waals surface area contributed by atoms with Crippen LogP contribution >= 0.6 is 0 Å². The maximum absolute atomic E-state index is 13.0. The summed E-state index contributed by atoms with van der Waals surface area (Å²) < 4.78 is 5.13. The van der Waals surface area contributed by atoms with Crippen LogP contribution in [0.1, 0.15) is 11.1 Å². The molecule has 1 saturated heterocycles. The highest BCUT2D eigenvalue weighted by Gasteiger charge is 2.59. The molecule has 0 aromatic heterocycles. The first-order chi connectivity index (χ1) is 12.0. The van der Waals surface area contributed by atoms with Crippen molar-refractivity contribution in [2.24, 2.45) is 5.92 Å². The minimum atomic E-state index is -1.80. The molecule has 2 N–H and O–H groups in total. The Morgan fingerprint density at radius 1 is 1.20 bits per heavy atom. The molecule has 0 saturated carbocycles. The summed E-state index contributed by atoms with van der Waals surface area (Å²) in [6.45, 7) is 0.513. The van der Waals surface area contributed by atoms with Gasteiger partial charge < -0.3 is 20.1 Å². The molecule has 0 bridgehead atoms. The van der Waals surface area contributed by atoms with Crippen LogP contribution in [0.5, 0.6) is 5.75 Å². The van der Waals surface area contributed by atoms with Crippen LogP contribution < -0.4 is 10.1 Å². The SMILES string of the molecule is COc1ccc(CN2C[C@@H]3C(=O)Nc4ccccc4[C@]3(O)C2=O)cc1. The Hall–Kier alpha value is -2.86. The fourth-order valence-electron chi connectivity index (χ4n) is 3.63. The number of ether oxygens (including phenoxy) is 1. The lowest BCUT2D eigenvalue weighted by atomic mass is 9.79. The number of carbonyl (C=O) groups excluding carboxylic acids is 2. The third-order valence-electron chi connectivity index (χ3n) is 4.97. The largest absolute Gasteiger partial charge is 0.497 e. The molecule has 2 aromatic rings. The molecule has 2 atom stereocenters. The van der Waals surface area contributed by atoms with Gasteiger partial charge in [-0.1, -0.05) is 30.3 Å². The summed E-state index contributed by atoms with van der Waals surface area (Å²) >= 11 is 0. The minimum Gasteiger partial charge on any atom is -0.497 e. The van der Waals surface area contributed by atoms with Gasteiger partial charge in [0.2, 0.25) is 5.91 Å². The number of hydrogen-bond donors (Lipinski definition) is 2. The van der Waals surface area contributed by atoms with E-state index in [0.29, 0.717) is 17.8 Å². The number of para-hydroxylation sites is 1. The molecule has 1 fully saturated rings. The van der Waals surface area contributed by atoms with Crippen LogP contribution in [0.25, 0.3) is 0 Å². The predicted octanol–water partition coefficient (Wildman–Crippen LogP) is 1.49. The molecule has 4 rings (SSSR count). The van der Waals surface area contributed by atoms with Gasteiger partial charge in [0.15, 0.2) is 5.60 Å². The summed E-state index contributed by atoms with van der Waals surface area (Å²) in [6, 6.07) is 14.3. The smallest absolute Gasteiger partial charge is 0.260 e. The van der Waals surface area contributed by atoms with Gasteiger partial charge in [0, 0.05) is 24.3 Å². The van der Waals surface area contributed by atoms with Crippen LogP contribution in [0.15, 0.2) is 48.5 Å². The molecule has 2 amide bonds. The third-order valence-corrected chi connectivity index (χ3v) is 4.97. The van der Waals surface area contributed by atoms with E-state index < -0.39 is 17.4 Å². The van der Waals surface area contributed by atoms with Crippen LogP contribution in [0.3, 0.4) is 0 Å². The lowest BCUT2D eigenvalue weighted by molar-refractivity contribution is -0.150. The van der Waals surface area contributed by atoms with E-state index >= 15 is 0 Å². The molecule has 0 spiro atoms. The van der Waals surface area contributed by atoms with E-state index in [-0.39, 0.29) is 12.5 Å². The minimum absolute atomic E-state index is 0.182. The number of nitrogens with one attached hydrogen (secondary N) is 1. The number of carbonyl (C=O) groups is 2. The van der Waals surface area contributed by atoms with Gasteiger partial charge in [-0.3, -0.25) is 9.59 Å². The van der Waals surface area contributed by atoms with Crippen molar-refractivity contribution in [2.75, 3.05) is 19.0 Å². The Bertz CT molecular complexity index is 849. The molecular formula is C19H18N2O4. The van der Waals surface area contributed by atoms with E-state index in [2.05, 4.69) is 5.32 Å². The summed E-state index contributed by atoms with van der Waals surface area (Å²) in [4.78, 5) is 26.9. The molecule has 0 unspecified atom stereocenters. The van der Waals surface area contributed by atoms with E-state index in [1.54, 1.807) is 31.4 Å². The number of anilines is 1. The van der Waals surface area contributed by atoms with Crippen LogP contribution in [0, 0.1) is 5.92 Å². The van der Waals surface area contributed by atoms with Crippen molar-refractivity contribution in [3.63, 3.8) is 0 Å². The maximum atomic E-state index is 13.0. The van der Waals surface area contributed by atoms with Gasteiger partial charge in [0.25, 0.3) is 5.91 Å². The van der Waals surface area contributed by atoms with E-state index in [0.717, 1.165) is 11.3 Å². The highest BCUT2D eigenvalue weighted by atomic mass is 16.5. The number of methoxy groups -OCH3 is 1. The van der Waals surface area contributed by atoms with Crippen molar-refractivity contribution in [2.45, 2.75) is 12.1 Å². The third kappa shape index (κ3) is 2.29. The van der Waals surface area contributed by atoms with Gasteiger partial charge >= 0.3 is 0 Å². The molecule has 2 aromatic carbocycles. The van der Waals surface area contributed by atoms with Crippen molar-refractivity contribution >= 4 is 17.5 Å². The number of fused-ring (bicyclic) bond motifs is 3. The molecule has 25 heavy (non-hydrogen) atoms. The second-order valence-electron chi connectivity index (χ2n) is 6.39. The highest BCUT2D eigenvalue weighted by molar-refractivity contribution is 6.06. The van der Waals surface area contributed by atoms with Gasteiger partial charge in [-0.2, -0.15) is 0 Å². The zero-order valence-corrected chi connectivity index (χ0v) is 13.7. The Morgan fingerprint density at radius 3 is 2.64 bits per heavy atom. The second-order valence-corrected chi connectivity index (χ2v) is 6.39. The number of hydrogen-bond acceptors (Lipinski definition) is 4. The Balaban J connectivity index is 1.66. The number of likely N-dealkylation sites (tertiary alicyclic amines) is 1. The van der Waals surface area contributed by atoms with Gasteiger partial charge in [-0.25, -0.2) is 0 Å². The molecule has 2 heterocycles. The standard InChI is InChI=1S/C19H18N2O4/c1-25-13-8-6-12(7-9-13)10-21-11-15-17(22)20-16-5-3-2-4-14(16)19(15,24)18(21)23/h2-9,15,24H,10-11H2,1H3,(H,20,22)/t15-,19-/m1/s1. The van der Waals surface area contributed by atoms with Crippen LogP contribution in [-0.4, -0.2) is 35.5 Å². The van der Waals surface area contributed by atoms with Crippen molar-refractivity contribution in [1.82, 2.24) is 4.90 Å². The first-order valence-electron chi connectivity index (χ1n) is 8.09. The molecule has 0 radical (unpaired) electrons. The quantitative estimate of drug-likeness (QED) is 0.889. The molecule has 2 aliphatic heterocycles. The number of aliphatic hydroxyl groups is 1. The second kappa shape index (κ2) is 5.60. The summed E-state index contributed by atoms with van der Waals surface area (Å²) in [7, 11) is 1.59. The zero-order valence-electron chi connectivity index (χ0n) is 13.7. The normalized spacial score (nSPS) is 24.6. The highest BCUT2D eigenvalue weighted by Crippen LogP contribution is 2.45. The fourth-order valence-corrected chi connectivity index (χ4v) is 3.63. The number of nitrogens with zero attached hydrogens (tertiary/aromatic N) is 1. The number of amides is 2. The zero-order chi connectivity index (χ0) is 17.6. The summed E-state index contributed by atoms with van der Waals surface area (Å²) in [5.74, 6) is -0.840. The topological polar surface area (TPSA) is 78.9 Å². The summed E-state index contributed by atoms with van der Waals surface area (Å²) in [6.07, 6.45) is 0. The number of benzene rings is 2. The first kappa shape index (κ1) is 15.7. The van der Waals surface area contributed by atoms with Crippen molar-refractivity contribution in [1.29, 1.82) is 0 Å². The molecular weight excluding hydrogens is 320 g/mol. The molecule has 2 aliphatic rings. The fraction of sp³-hybridized carbons (Fsp3) is 0.263. The Labute approximate surface area is 145 Å². The van der Waals surface area contributed by atoms with Crippen LogP contribution in [0.2, 0.25) is 0 Å². The van der Waals surface area contributed by atoms with Gasteiger partial charge in [0.05, 0.1) is 13.0 Å². The van der Waals surface area contributed by atoms with E-state index in [1.165, 1.54) is 4.90 Å². The molecule has 128 valence electrons. The van der Waals surface area contributed by atoms with Gasteiger partial charge in [-0.05, 0) is 23.8 Å². The van der Waals surface area contributed by atoms with Crippen LogP contribution in [0.4, 0.5) is 5.69 Å². The van der Waals surface area contributed by atoms with Crippen molar-refractivity contribution in [3.8, 4) is 5.75 Å². The Morgan fingerprint density at radius 2 is 1.92 bits per heavy atom. The average molecular weight is 338 g/mol.